The van der Waals surface area contributed by atoms with Gasteiger partial charge in [-0.3, -0.25) is 4.79 Å². The zero-order valence-corrected chi connectivity index (χ0v) is 32.7. The molecule has 6 aromatic rings. The van der Waals surface area contributed by atoms with Gasteiger partial charge in [-0.05, 0) is 84.6 Å². The van der Waals surface area contributed by atoms with Gasteiger partial charge < -0.3 is 19.0 Å². The van der Waals surface area contributed by atoms with E-state index >= 15 is 4.79 Å². The minimum absolute atomic E-state index is 0.0328. The first-order valence-corrected chi connectivity index (χ1v) is 21.1. The third-order valence-electron chi connectivity index (χ3n) is 9.58. The largest absolute Gasteiger partial charge is 0.379 e. The summed E-state index contributed by atoms with van der Waals surface area (Å²) in [5.41, 5.74) is 3.46. The van der Waals surface area contributed by atoms with Crippen LogP contribution in [-0.4, -0.2) is 35.7 Å². The molecule has 0 aromatic heterocycles. The first-order chi connectivity index (χ1) is 27.0. The molecule has 288 valence electrons. The maximum Gasteiger partial charge on any atom is 0.339 e. The lowest BCUT2D eigenvalue weighted by molar-refractivity contribution is -0.121. The quantitative estimate of drug-likeness (QED) is 0.0827. The Bertz CT molecular complexity index is 2210. The number of Topliss-reactive ketones (excluding diaryl/α,β-unsaturated/α-hetero) is 1. The highest BCUT2D eigenvalue weighted by Gasteiger charge is 2.31. The lowest BCUT2D eigenvalue weighted by atomic mass is 9.83. The van der Waals surface area contributed by atoms with Crippen molar-refractivity contribution in [3.63, 3.8) is 0 Å². The Hall–Kier alpha value is -5.59. The molecule has 6 aromatic carbocycles. The van der Waals surface area contributed by atoms with Crippen LogP contribution in [0.4, 0.5) is 0 Å². The van der Waals surface area contributed by atoms with Crippen LogP contribution in [0.25, 0.3) is 0 Å². The predicted octanol–water partition coefficient (Wildman–Crippen LogP) is 8.36. The zero-order valence-electron chi connectivity index (χ0n) is 31.1. The minimum atomic E-state index is -4.07. The molecule has 0 amide bonds. The average Bonchev–Trinajstić information content (AvgIpc) is 3.23. The van der Waals surface area contributed by atoms with Gasteiger partial charge in [0.2, 0.25) is 0 Å². The van der Waals surface area contributed by atoms with E-state index in [0.717, 1.165) is 11.1 Å². The number of hydrogen-bond donors (Lipinski definition) is 2. The van der Waals surface area contributed by atoms with Crippen molar-refractivity contribution in [2.24, 2.45) is 0 Å². The van der Waals surface area contributed by atoms with E-state index in [1.54, 1.807) is 84.9 Å². The summed E-state index contributed by atoms with van der Waals surface area (Å²) in [6.07, 6.45) is 0. The summed E-state index contributed by atoms with van der Waals surface area (Å²) in [6.45, 7) is 4.62. The summed E-state index contributed by atoms with van der Waals surface area (Å²) in [7, 11) is -8.14. The molecule has 11 heteroatoms. The summed E-state index contributed by atoms with van der Waals surface area (Å²) in [5, 5.41) is 7.09. The van der Waals surface area contributed by atoms with Gasteiger partial charge >= 0.3 is 20.2 Å². The van der Waals surface area contributed by atoms with Gasteiger partial charge in [0.1, 0.15) is 27.1 Å². The summed E-state index contributed by atoms with van der Waals surface area (Å²) >= 11 is 0. The molecule has 4 atom stereocenters. The van der Waals surface area contributed by atoms with Crippen LogP contribution in [0.15, 0.2) is 180 Å². The van der Waals surface area contributed by atoms with E-state index in [9.17, 15) is 16.8 Å². The first-order valence-electron chi connectivity index (χ1n) is 18.3. The highest BCUT2D eigenvalue weighted by atomic mass is 32.2. The second-order valence-electron chi connectivity index (χ2n) is 13.4. The van der Waals surface area contributed by atoms with E-state index in [2.05, 4.69) is 10.6 Å². The maximum absolute atomic E-state index is 15.0. The lowest BCUT2D eigenvalue weighted by Crippen LogP contribution is -2.36. The fourth-order valence-corrected chi connectivity index (χ4v) is 8.25. The average molecular weight is 789 g/mol. The van der Waals surface area contributed by atoms with Crippen molar-refractivity contribution in [1.82, 2.24) is 10.6 Å². The van der Waals surface area contributed by atoms with Crippen molar-refractivity contribution in [3.05, 3.63) is 192 Å². The van der Waals surface area contributed by atoms with Crippen LogP contribution in [0.1, 0.15) is 60.0 Å². The Labute approximate surface area is 329 Å². The molecule has 0 saturated heterocycles. The van der Waals surface area contributed by atoms with Crippen LogP contribution >= 0.6 is 0 Å². The molecule has 0 aliphatic rings. The van der Waals surface area contributed by atoms with Crippen LogP contribution in [0, 0.1) is 0 Å². The fourth-order valence-electron chi connectivity index (χ4n) is 6.35. The van der Waals surface area contributed by atoms with Gasteiger partial charge in [0.25, 0.3) is 0 Å². The normalized spacial score (nSPS) is 13.9. The summed E-state index contributed by atoms with van der Waals surface area (Å²) < 4.78 is 62.7. The van der Waals surface area contributed by atoms with Crippen molar-refractivity contribution in [1.29, 1.82) is 0 Å². The molecule has 0 aliphatic heterocycles. The minimum Gasteiger partial charge on any atom is -0.379 e. The SMILES string of the molecule is C[C@H](NCC(C(=O)C(CN[C@@H](C)c1ccccc1)c1ccc(OS(=O)(=O)c2ccccc2)cc1)c1ccc(OS(=O)(=O)c2ccccc2)cc1)c1ccccc1. The van der Waals surface area contributed by atoms with Gasteiger partial charge in [0.05, 0.1) is 11.8 Å². The molecule has 9 nitrogen and oxygen atoms in total. The number of carbonyl (C=O) groups excluding carboxylic acids is 1. The molecule has 0 spiro atoms. The Morgan fingerprint density at radius 3 is 1.07 bits per heavy atom. The zero-order chi connectivity index (χ0) is 39.5. The Kier molecular flexibility index (Phi) is 13.1. The topological polar surface area (TPSA) is 128 Å². The standard InChI is InChI=1S/C45H44N2O7S2/c1-33(35-15-7-3-8-16-35)46-31-43(37-23-27-39(28-24-37)53-55(49,50)41-19-11-5-12-20-41)45(48)44(32-47-34(2)36-17-9-4-10-18-36)38-25-29-40(30-26-38)54-56(51,52)42-21-13-6-14-22-42/h3-30,33-34,43-44,46-47H,31-32H2,1-2H3/t33-,34-,43?,44?/m0/s1. The van der Waals surface area contributed by atoms with Crippen LogP contribution in [0.5, 0.6) is 11.5 Å². The fraction of sp³-hybridized carbons (Fsp3) is 0.178. The smallest absolute Gasteiger partial charge is 0.339 e. The second-order valence-corrected chi connectivity index (χ2v) is 16.5. The van der Waals surface area contributed by atoms with Gasteiger partial charge in [-0.2, -0.15) is 16.8 Å². The molecule has 2 N–H and O–H groups in total. The highest BCUT2D eigenvalue weighted by Crippen LogP contribution is 2.31. The van der Waals surface area contributed by atoms with E-state index in [1.165, 1.54) is 24.3 Å². The molecule has 56 heavy (non-hydrogen) atoms. The van der Waals surface area contributed by atoms with Crippen molar-refractivity contribution in [2.75, 3.05) is 13.1 Å². The molecule has 0 heterocycles. The monoisotopic (exact) mass is 788 g/mol. The number of nitrogens with one attached hydrogen (secondary N) is 2. The Morgan fingerprint density at radius 2 is 0.750 bits per heavy atom. The van der Waals surface area contributed by atoms with Crippen molar-refractivity contribution < 1.29 is 30.0 Å². The van der Waals surface area contributed by atoms with E-state index in [0.29, 0.717) is 11.1 Å². The Morgan fingerprint density at radius 1 is 0.446 bits per heavy atom. The lowest BCUT2D eigenvalue weighted by Gasteiger charge is -2.27. The van der Waals surface area contributed by atoms with Gasteiger partial charge in [-0.1, -0.05) is 121 Å². The van der Waals surface area contributed by atoms with Crippen molar-refractivity contribution in [3.8, 4) is 11.5 Å². The molecule has 0 saturated carbocycles. The van der Waals surface area contributed by atoms with Crippen molar-refractivity contribution in [2.45, 2.75) is 47.6 Å². The summed E-state index contributed by atoms with van der Waals surface area (Å²) in [4.78, 5) is 15.1. The molecular formula is C45H44N2O7S2. The molecule has 6 rings (SSSR count). The molecule has 0 fully saturated rings. The summed E-state index contributed by atoms with van der Waals surface area (Å²) in [6, 6.07) is 48.6. The van der Waals surface area contributed by atoms with Gasteiger partial charge in [-0.15, -0.1) is 0 Å². The van der Waals surface area contributed by atoms with Crippen LogP contribution in [0.3, 0.4) is 0 Å². The van der Waals surface area contributed by atoms with Gasteiger partial charge in [-0.25, -0.2) is 0 Å². The first kappa shape index (κ1) is 40.1. The molecule has 2 unspecified atom stereocenters. The van der Waals surface area contributed by atoms with Gasteiger partial charge in [0, 0.05) is 25.2 Å². The predicted molar refractivity (Wildman–Crippen MR) is 218 cm³/mol. The van der Waals surface area contributed by atoms with Crippen LogP contribution in [-0.2, 0) is 25.0 Å². The number of carbonyl (C=O) groups is 1. The molecule has 0 bridgehead atoms. The molecular weight excluding hydrogens is 745 g/mol. The third kappa shape index (κ3) is 10.4. The molecule has 0 aliphatic carbocycles. The Balaban J connectivity index is 1.31. The maximum atomic E-state index is 15.0. The third-order valence-corrected chi connectivity index (χ3v) is 12.1. The van der Waals surface area contributed by atoms with E-state index in [1.807, 2.05) is 74.5 Å². The highest BCUT2D eigenvalue weighted by molar-refractivity contribution is 7.87. The van der Waals surface area contributed by atoms with Crippen LogP contribution < -0.4 is 19.0 Å². The number of rotatable bonds is 18. The van der Waals surface area contributed by atoms with Crippen molar-refractivity contribution >= 4 is 26.0 Å². The van der Waals surface area contributed by atoms with Gasteiger partial charge in [0.15, 0.2) is 0 Å². The number of benzene rings is 6. The molecule has 0 radical (unpaired) electrons. The van der Waals surface area contributed by atoms with E-state index < -0.39 is 32.1 Å². The van der Waals surface area contributed by atoms with E-state index in [4.69, 9.17) is 8.37 Å². The van der Waals surface area contributed by atoms with E-state index in [-0.39, 0.29) is 52.2 Å². The number of ketones is 1. The summed E-state index contributed by atoms with van der Waals surface area (Å²) in [5.74, 6) is -1.21. The second kappa shape index (κ2) is 18.4. The number of hydrogen-bond acceptors (Lipinski definition) is 9. The van der Waals surface area contributed by atoms with Crippen LogP contribution in [0.2, 0.25) is 0 Å².